The SMILES string of the molecule is Cn1c(=O)oc2ccc(-c3ccc(C[C@@H](C#N)NC(=O)C(Cc4cncc(O)c4)NC(=O)OC(C)(C)C)cc3)cc21. The highest BCUT2D eigenvalue weighted by molar-refractivity contribution is 5.86. The average molecular weight is 558 g/mol. The van der Waals surface area contributed by atoms with Crippen LogP contribution in [0.15, 0.2) is 70.1 Å². The van der Waals surface area contributed by atoms with Crippen molar-refractivity contribution in [3.63, 3.8) is 0 Å². The Bertz CT molecular complexity index is 1660. The van der Waals surface area contributed by atoms with Gasteiger partial charge in [-0.2, -0.15) is 5.26 Å². The van der Waals surface area contributed by atoms with Crippen LogP contribution in [0.2, 0.25) is 0 Å². The molecule has 4 rings (SSSR count). The van der Waals surface area contributed by atoms with Gasteiger partial charge in [0.25, 0.3) is 0 Å². The van der Waals surface area contributed by atoms with Crippen molar-refractivity contribution in [1.29, 1.82) is 5.26 Å². The molecule has 1 unspecified atom stereocenters. The van der Waals surface area contributed by atoms with Gasteiger partial charge in [-0.15, -0.1) is 0 Å². The predicted octanol–water partition coefficient (Wildman–Crippen LogP) is 3.59. The molecule has 212 valence electrons. The van der Waals surface area contributed by atoms with Gasteiger partial charge in [0.15, 0.2) is 5.58 Å². The van der Waals surface area contributed by atoms with Gasteiger partial charge in [0.1, 0.15) is 23.4 Å². The first-order valence-corrected chi connectivity index (χ1v) is 12.9. The number of alkyl carbamates (subject to hydrolysis) is 1. The molecule has 2 atom stereocenters. The van der Waals surface area contributed by atoms with E-state index in [4.69, 9.17) is 9.15 Å². The number of fused-ring (bicyclic) bond motifs is 1. The Morgan fingerprint density at radius 3 is 2.41 bits per heavy atom. The van der Waals surface area contributed by atoms with Crippen LogP contribution >= 0.6 is 0 Å². The van der Waals surface area contributed by atoms with Gasteiger partial charge in [-0.05, 0) is 61.2 Å². The summed E-state index contributed by atoms with van der Waals surface area (Å²) >= 11 is 0. The van der Waals surface area contributed by atoms with E-state index in [1.54, 1.807) is 33.9 Å². The first-order chi connectivity index (χ1) is 19.4. The van der Waals surface area contributed by atoms with Gasteiger partial charge >= 0.3 is 11.8 Å². The lowest BCUT2D eigenvalue weighted by Gasteiger charge is -2.24. The largest absolute Gasteiger partial charge is 0.506 e. The number of hydrogen-bond acceptors (Lipinski definition) is 8. The number of hydrogen-bond donors (Lipinski definition) is 3. The van der Waals surface area contributed by atoms with Gasteiger partial charge in [0.2, 0.25) is 5.91 Å². The minimum atomic E-state index is -1.08. The molecular weight excluding hydrogens is 526 g/mol. The Labute approximate surface area is 236 Å². The molecule has 0 aliphatic rings. The standard InChI is InChI=1S/C30H31N5O6/c1-30(2,3)41-28(38)34-24(13-19-12-23(36)17-32-16-19)27(37)33-22(15-31)11-18-5-7-20(8-6-18)21-9-10-26-25(14-21)35(4)29(39)40-26/h5-10,12,14,16-17,22,24,36H,11,13H2,1-4H3,(H,33,37)(H,34,38)/t22-,24?/m0/s1. The molecule has 0 bridgehead atoms. The third kappa shape index (κ3) is 7.51. The number of ether oxygens (including phenoxy) is 1. The van der Waals surface area contributed by atoms with Crippen LogP contribution < -0.4 is 16.4 Å². The number of benzene rings is 2. The van der Waals surface area contributed by atoms with Crippen molar-refractivity contribution < 1.29 is 23.8 Å². The summed E-state index contributed by atoms with van der Waals surface area (Å²) in [6.07, 6.45) is 2.19. The zero-order valence-corrected chi connectivity index (χ0v) is 23.2. The maximum Gasteiger partial charge on any atom is 0.419 e. The molecule has 0 fully saturated rings. The van der Waals surface area contributed by atoms with Gasteiger partial charge in [-0.25, -0.2) is 9.59 Å². The Balaban J connectivity index is 1.46. The van der Waals surface area contributed by atoms with E-state index in [9.17, 15) is 24.8 Å². The lowest BCUT2D eigenvalue weighted by Crippen LogP contribution is -2.51. The van der Waals surface area contributed by atoms with Gasteiger partial charge in [-0.1, -0.05) is 30.3 Å². The van der Waals surface area contributed by atoms with E-state index in [-0.39, 0.29) is 18.6 Å². The third-order valence-corrected chi connectivity index (χ3v) is 6.22. The highest BCUT2D eigenvalue weighted by atomic mass is 16.6. The number of amides is 2. The molecule has 41 heavy (non-hydrogen) atoms. The topological polar surface area (TPSA) is 159 Å². The molecule has 11 heteroatoms. The van der Waals surface area contributed by atoms with Crippen LogP contribution in [-0.4, -0.2) is 44.3 Å². The number of rotatable bonds is 8. The lowest BCUT2D eigenvalue weighted by atomic mass is 10.00. The van der Waals surface area contributed by atoms with Crippen LogP contribution in [0.1, 0.15) is 31.9 Å². The average Bonchev–Trinajstić information content (AvgIpc) is 3.19. The van der Waals surface area contributed by atoms with E-state index in [1.165, 1.54) is 23.0 Å². The molecule has 2 aromatic carbocycles. The summed E-state index contributed by atoms with van der Waals surface area (Å²) < 4.78 is 11.9. The van der Waals surface area contributed by atoms with Crippen molar-refractivity contribution in [1.82, 2.24) is 20.2 Å². The number of carbonyl (C=O) groups excluding carboxylic acids is 2. The van der Waals surface area contributed by atoms with Crippen molar-refractivity contribution in [2.24, 2.45) is 7.05 Å². The molecule has 0 aliphatic heterocycles. The number of carbonyl (C=O) groups is 2. The van der Waals surface area contributed by atoms with E-state index in [2.05, 4.69) is 21.7 Å². The molecule has 0 radical (unpaired) electrons. The zero-order valence-electron chi connectivity index (χ0n) is 23.2. The molecule has 4 aromatic rings. The first-order valence-electron chi connectivity index (χ1n) is 12.9. The molecule has 3 N–H and O–H groups in total. The highest BCUT2D eigenvalue weighted by Gasteiger charge is 2.27. The fraction of sp³-hybridized carbons (Fsp3) is 0.300. The van der Waals surface area contributed by atoms with E-state index in [0.29, 0.717) is 16.7 Å². The molecule has 2 heterocycles. The second-order valence-electron chi connectivity index (χ2n) is 10.7. The number of pyridine rings is 1. The van der Waals surface area contributed by atoms with Crippen molar-refractivity contribution in [3.8, 4) is 22.9 Å². The van der Waals surface area contributed by atoms with Gasteiger partial charge < -0.3 is 24.9 Å². The van der Waals surface area contributed by atoms with Crippen LogP contribution in [0.4, 0.5) is 4.79 Å². The van der Waals surface area contributed by atoms with E-state index in [0.717, 1.165) is 16.7 Å². The van der Waals surface area contributed by atoms with E-state index >= 15 is 0 Å². The monoisotopic (exact) mass is 557 g/mol. The zero-order chi connectivity index (χ0) is 29.7. The molecular formula is C30H31N5O6. The lowest BCUT2D eigenvalue weighted by molar-refractivity contribution is -0.123. The van der Waals surface area contributed by atoms with Crippen molar-refractivity contribution >= 4 is 23.1 Å². The van der Waals surface area contributed by atoms with E-state index in [1.807, 2.05) is 36.4 Å². The summed E-state index contributed by atoms with van der Waals surface area (Å²) in [5, 5.41) is 24.8. The molecule has 0 spiro atoms. The van der Waals surface area contributed by atoms with Crippen LogP contribution in [-0.2, 0) is 29.4 Å². The summed E-state index contributed by atoms with van der Waals surface area (Å²) in [7, 11) is 1.64. The van der Waals surface area contributed by atoms with Crippen molar-refractivity contribution in [3.05, 3.63) is 82.6 Å². The number of nitrogens with zero attached hydrogens (tertiary/aromatic N) is 3. The van der Waals surface area contributed by atoms with Crippen molar-refractivity contribution in [2.75, 3.05) is 0 Å². The molecule has 2 aromatic heterocycles. The molecule has 0 saturated carbocycles. The maximum atomic E-state index is 13.2. The van der Waals surface area contributed by atoms with Crippen LogP contribution in [0.25, 0.3) is 22.2 Å². The Morgan fingerprint density at radius 1 is 1.05 bits per heavy atom. The molecule has 2 amide bonds. The summed E-state index contributed by atoms with van der Waals surface area (Å²) in [5.41, 5.74) is 3.53. The minimum Gasteiger partial charge on any atom is -0.506 e. The number of aryl methyl sites for hydroxylation is 1. The number of nitrogens with one attached hydrogen (secondary N) is 2. The smallest absolute Gasteiger partial charge is 0.419 e. The summed E-state index contributed by atoms with van der Waals surface area (Å²) in [6.45, 7) is 5.11. The highest BCUT2D eigenvalue weighted by Crippen LogP contribution is 2.24. The Morgan fingerprint density at radius 2 is 1.76 bits per heavy atom. The van der Waals surface area contributed by atoms with Gasteiger partial charge in [0, 0.05) is 26.1 Å². The minimum absolute atomic E-state index is 0.0198. The fourth-order valence-corrected chi connectivity index (χ4v) is 4.26. The summed E-state index contributed by atoms with van der Waals surface area (Å²) in [6, 6.07) is 14.6. The van der Waals surface area contributed by atoms with Crippen LogP contribution in [0.5, 0.6) is 5.75 Å². The molecule has 0 saturated heterocycles. The number of aromatic nitrogens is 2. The Kier molecular flexibility index (Phi) is 8.42. The predicted molar refractivity (Wildman–Crippen MR) is 151 cm³/mol. The number of oxazole rings is 1. The Hall–Kier alpha value is -5.11. The number of nitriles is 1. The quantitative estimate of drug-likeness (QED) is 0.296. The van der Waals surface area contributed by atoms with Gasteiger partial charge in [-0.3, -0.25) is 14.3 Å². The third-order valence-electron chi connectivity index (χ3n) is 6.22. The molecule has 11 nitrogen and oxygen atoms in total. The first kappa shape index (κ1) is 28.9. The summed E-state index contributed by atoms with van der Waals surface area (Å²) in [5.74, 6) is -1.09. The normalized spacial score (nSPS) is 12.8. The van der Waals surface area contributed by atoms with Gasteiger partial charge in [0.05, 0.1) is 17.8 Å². The fourth-order valence-electron chi connectivity index (χ4n) is 4.26. The maximum absolute atomic E-state index is 13.2. The van der Waals surface area contributed by atoms with Crippen molar-refractivity contribution in [2.45, 2.75) is 51.3 Å². The van der Waals surface area contributed by atoms with Crippen LogP contribution in [0, 0.1) is 11.3 Å². The van der Waals surface area contributed by atoms with E-state index < -0.39 is 35.4 Å². The molecule has 0 aliphatic carbocycles. The number of aromatic hydroxyl groups is 1. The summed E-state index contributed by atoms with van der Waals surface area (Å²) in [4.78, 5) is 41.4. The second-order valence-corrected chi connectivity index (χ2v) is 10.7. The van der Waals surface area contributed by atoms with Crippen LogP contribution in [0.3, 0.4) is 0 Å². The second kappa shape index (κ2) is 12.0.